The second-order valence-electron chi connectivity index (χ2n) is 4.78. The topological polar surface area (TPSA) is 96.4 Å². The zero-order valence-electron chi connectivity index (χ0n) is 11.4. The van der Waals surface area contributed by atoms with E-state index in [4.69, 9.17) is 5.11 Å². The largest absolute Gasteiger partial charge is 0.384 e. The lowest BCUT2D eigenvalue weighted by Crippen LogP contribution is -2.41. The zero-order valence-corrected chi connectivity index (χ0v) is 12.2. The molecule has 0 bridgehead atoms. The van der Waals surface area contributed by atoms with E-state index in [-0.39, 0.29) is 30.1 Å². The van der Waals surface area contributed by atoms with E-state index in [1.54, 1.807) is 6.07 Å². The van der Waals surface area contributed by atoms with Gasteiger partial charge in [-0.1, -0.05) is 11.8 Å². The molecule has 1 aromatic rings. The summed E-state index contributed by atoms with van der Waals surface area (Å²) in [4.78, 5) is 16.1. The van der Waals surface area contributed by atoms with Crippen LogP contribution in [0.1, 0.15) is 28.8 Å². The number of pyridine rings is 1. The zero-order chi connectivity index (χ0) is 15.3. The van der Waals surface area contributed by atoms with Crippen LogP contribution >= 0.6 is 0 Å². The smallest absolute Gasteiger partial charge is 0.252 e. The minimum absolute atomic E-state index is 0.103. The summed E-state index contributed by atoms with van der Waals surface area (Å²) in [7, 11) is -2.95. The predicted octanol–water partition coefficient (Wildman–Crippen LogP) is -0.268. The van der Waals surface area contributed by atoms with E-state index in [9.17, 15) is 13.2 Å². The first-order valence-electron chi connectivity index (χ1n) is 6.57. The van der Waals surface area contributed by atoms with Crippen LogP contribution in [-0.2, 0) is 9.84 Å². The Bertz CT molecular complexity index is 674. The van der Waals surface area contributed by atoms with Gasteiger partial charge in [0.2, 0.25) is 0 Å². The molecule has 0 spiro atoms. The third kappa shape index (κ3) is 4.28. The number of aliphatic hydroxyl groups is 1. The maximum atomic E-state index is 12.2. The molecule has 21 heavy (non-hydrogen) atoms. The molecule has 1 aliphatic heterocycles. The highest BCUT2D eigenvalue weighted by molar-refractivity contribution is 7.91. The molecule has 6 nitrogen and oxygen atoms in total. The molecule has 0 saturated carbocycles. The second-order valence-corrected chi connectivity index (χ2v) is 7.08. The van der Waals surface area contributed by atoms with Gasteiger partial charge in [-0.15, -0.1) is 0 Å². The Balaban J connectivity index is 2.07. The molecule has 2 heterocycles. The number of sulfone groups is 1. The van der Waals surface area contributed by atoms with E-state index in [1.165, 1.54) is 12.4 Å². The Kier molecular flexibility index (Phi) is 4.94. The van der Waals surface area contributed by atoms with Gasteiger partial charge in [0.15, 0.2) is 0 Å². The molecule has 1 aliphatic rings. The Hall–Kier alpha value is -1.91. The fourth-order valence-corrected chi connectivity index (χ4v) is 3.62. The van der Waals surface area contributed by atoms with Crippen molar-refractivity contribution < 1.29 is 18.3 Å². The number of rotatable bonds is 2. The van der Waals surface area contributed by atoms with Gasteiger partial charge in [-0.05, 0) is 18.9 Å². The van der Waals surface area contributed by atoms with Crippen LogP contribution in [0.15, 0.2) is 18.5 Å². The van der Waals surface area contributed by atoms with Crippen LogP contribution in [-0.4, -0.2) is 48.6 Å². The van der Waals surface area contributed by atoms with Gasteiger partial charge in [-0.2, -0.15) is 0 Å². The van der Waals surface area contributed by atoms with Gasteiger partial charge in [0, 0.05) is 18.4 Å². The number of amides is 1. The fraction of sp³-hybridized carbons (Fsp3) is 0.429. The van der Waals surface area contributed by atoms with Gasteiger partial charge in [0.25, 0.3) is 5.91 Å². The van der Waals surface area contributed by atoms with E-state index < -0.39 is 9.84 Å². The SMILES string of the molecule is O=C(NC1CCS(=O)(=O)CC1)c1ccncc1C#CCO. The van der Waals surface area contributed by atoms with Crippen molar-refractivity contribution in [2.75, 3.05) is 18.1 Å². The summed E-state index contributed by atoms with van der Waals surface area (Å²) in [6.07, 6.45) is 3.81. The molecule has 1 fully saturated rings. The Morgan fingerprint density at radius 3 is 2.81 bits per heavy atom. The molecule has 2 N–H and O–H groups in total. The number of carbonyl (C=O) groups excluding carboxylic acids is 1. The van der Waals surface area contributed by atoms with Gasteiger partial charge in [0.05, 0.1) is 22.6 Å². The summed E-state index contributed by atoms with van der Waals surface area (Å²) in [6.45, 7) is -0.295. The van der Waals surface area contributed by atoms with Crippen LogP contribution in [0.25, 0.3) is 0 Å². The lowest BCUT2D eigenvalue weighted by molar-refractivity contribution is 0.0934. The molecule has 0 aliphatic carbocycles. The summed E-state index contributed by atoms with van der Waals surface area (Å²) in [5, 5.41) is 11.5. The van der Waals surface area contributed by atoms with Crippen molar-refractivity contribution in [1.29, 1.82) is 0 Å². The van der Waals surface area contributed by atoms with Gasteiger partial charge in [0.1, 0.15) is 16.4 Å². The number of aromatic nitrogens is 1. The molecule has 0 unspecified atom stereocenters. The second kappa shape index (κ2) is 6.70. The summed E-state index contributed by atoms with van der Waals surface area (Å²) in [5.41, 5.74) is 0.812. The van der Waals surface area contributed by atoms with Crippen LogP contribution < -0.4 is 5.32 Å². The quantitative estimate of drug-likeness (QED) is 0.733. The molecule has 0 radical (unpaired) electrons. The van der Waals surface area contributed by atoms with Crippen LogP contribution in [0.4, 0.5) is 0 Å². The lowest BCUT2D eigenvalue weighted by Gasteiger charge is -2.23. The summed E-state index contributed by atoms with van der Waals surface area (Å²) < 4.78 is 22.7. The Morgan fingerprint density at radius 1 is 1.43 bits per heavy atom. The normalized spacial score (nSPS) is 17.6. The predicted molar refractivity (Wildman–Crippen MR) is 77.3 cm³/mol. The number of aliphatic hydroxyl groups excluding tert-OH is 1. The maximum absolute atomic E-state index is 12.2. The van der Waals surface area contributed by atoms with Crippen molar-refractivity contribution in [2.45, 2.75) is 18.9 Å². The number of nitrogens with one attached hydrogen (secondary N) is 1. The number of nitrogens with zero attached hydrogens (tertiary/aromatic N) is 1. The van der Waals surface area contributed by atoms with Crippen molar-refractivity contribution in [3.63, 3.8) is 0 Å². The average Bonchev–Trinajstić information content (AvgIpc) is 2.47. The Morgan fingerprint density at radius 2 is 2.14 bits per heavy atom. The molecule has 2 rings (SSSR count). The number of hydrogen-bond acceptors (Lipinski definition) is 5. The molecular weight excluding hydrogens is 292 g/mol. The van der Waals surface area contributed by atoms with Crippen LogP contribution in [0.5, 0.6) is 0 Å². The first kappa shape index (κ1) is 15.5. The van der Waals surface area contributed by atoms with Crippen molar-refractivity contribution in [2.24, 2.45) is 0 Å². The molecule has 1 amide bonds. The maximum Gasteiger partial charge on any atom is 0.252 e. The standard InChI is InChI=1S/C14H16N2O4S/c17-7-1-2-11-10-15-6-3-13(11)14(18)16-12-4-8-21(19,20)9-5-12/h3,6,10,12,17H,4-5,7-9H2,(H,16,18). The van der Waals surface area contributed by atoms with E-state index in [2.05, 4.69) is 22.1 Å². The van der Waals surface area contributed by atoms with Crippen molar-refractivity contribution in [3.05, 3.63) is 29.6 Å². The fourth-order valence-electron chi connectivity index (χ4n) is 2.12. The molecule has 7 heteroatoms. The first-order valence-corrected chi connectivity index (χ1v) is 8.39. The van der Waals surface area contributed by atoms with E-state index in [0.29, 0.717) is 24.0 Å². The third-order valence-corrected chi connectivity index (χ3v) is 4.97. The van der Waals surface area contributed by atoms with Gasteiger partial charge in [-0.25, -0.2) is 8.42 Å². The van der Waals surface area contributed by atoms with Crippen molar-refractivity contribution in [3.8, 4) is 11.8 Å². The molecule has 1 aromatic heterocycles. The van der Waals surface area contributed by atoms with E-state index in [0.717, 1.165) is 0 Å². The van der Waals surface area contributed by atoms with Crippen LogP contribution in [0.3, 0.4) is 0 Å². The molecule has 1 saturated heterocycles. The molecule has 0 atom stereocenters. The van der Waals surface area contributed by atoms with Gasteiger partial charge < -0.3 is 10.4 Å². The highest BCUT2D eigenvalue weighted by Gasteiger charge is 2.25. The molecule has 112 valence electrons. The summed E-state index contributed by atoms with van der Waals surface area (Å²) in [6, 6.07) is 1.41. The van der Waals surface area contributed by atoms with Crippen molar-refractivity contribution in [1.82, 2.24) is 10.3 Å². The molecule has 0 aromatic carbocycles. The van der Waals surface area contributed by atoms with Gasteiger partial charge in [-0.3, -0.25) is 9.78 Å². The highest BCUT2D eigenvalue weighted by Crippen LogP contribution is 2.13. The number of hydrogen-bond donors (Lipinski definition) is 2. The van der Waals surface area contributed by atoms with Gasteiger partial charge >= 0.3 is 0 Å². The highest BCUT2D eigenvalue weighted by atomic mass is 32.2. The lowest BCUT2D eigenvalue weighted by atomic mass is 10.1. The molecular formula is C14H16N2O4S. The Labute approximate surface area is 123 Å². The monoisotopic (exact) mass is 308 g/mol. The van der Waals surface area contributed by atoms with E-state index >= 15 is 0 Å². The van der Waals surface area contributed by atoms with Crippen LogP contribution in [0, 0.1) is 11.8 Å². The summed E-state index contributed by atoms with van der Waals surface area (Å²) in [5.74, 6) is 5.06. The van der Waals surface area contributed by atoms with Crippen LogP contribution in [0.2, 0.25) is 0 Å². The average molecular weight is 308 g/mol. The summed E-state index contributed by atoms with van der Waals surface area (Å²) >= 11 is 0. The third-order valence-electron chi connectivity index (χ3n) is 3.26. The first-order chi connectivity index (χ1) is 10.0. The number of carbonyl (C=O) groups is 1. The minimum Gasteiger partial charge on any atom is -0.384 e. The van der Waals surface area contributed by atoms with E-state index in [1.807, 2.05) is 0 Å². The van der Waals surface area contributed by atoms with Crippen molar-refractivity contribution >= 4 is 15.7 Å². The minimum atomic E-state index is -2.95.